The second-order valence-electron chi connectivity index (χ2n) is 6.55. The van der Waals surface area contributed by atoms with Gasteiger partial charge in [-0.15, -0.1) is 0 Å². The van der Waals surface area contributed by atoms with Crippen LogP contribution in [0, 0.1) is 0 Å². The van der Waals surface area contributed by atoms with Crippen molar-refractivity contribution in [3.8, 4) is 0 Å². The summed E-state index contributed by atoms with van der Waals surface area (Å²) in [7, 11) is 0. The summed E-state index contributed by atoms with van der Waals surface area (Å²) in [5, 5.41) is 9.58. The van der Waals surface area contributed by atoms with Crippen LogP contribution in [-0.4, -0.2) is 59.1 Å². The van der Waals surface area contributed by atoms with E-state index in [1.165, 1.54) is 4.90 Å². The number of esters is 1. The third-order valence-corrected chi connectivity index (χ3v) is 5.12. The van der Waals surface area contributed by atoms with Crippen LogP contribution in [-0.2, 0) is 28.6 Å². The van der Waals surface area contributed by atoms with E-state index in [1.807, 2.05) is 0 Å². The highest BCUT2D eigenvalue weighted by molar-refractivity contribution is 5.93. The molecule has 0 saturated carbocycles. The number of rotatable bonds is 5. The number of piperidine rings is 1. The Kier molecular flexibility index (Phi) is 5.05. The van der Waals surface area contributed by atoms with E-state index < -0.39 is 23.5 Å². The third kappa shape index (κ3) is 3.12. The van der Waals surface area contributed by atoms with Crippen molar-refractivity contribution in [1.29, 1.82) is 0 Å². The maximum absolute atomic E-state index is 12.3. The normalized spacial score (nSPS) is 33.2. The van der Waals surface area contributed by atoms with E-state index in [9.17, 15) is 19.5 Å². The molecule has 3 heterocycles. The lowest BCUT2D eigenvalue weighted by Crippen LogP contribution is -2.59. The molecule has 3 saturated heterocycles. The monoisotopic (exact) mass is 341 g/mol. The van der Waals surface area contributed by atoms with Gasteiger partial charge in [0.05, 0.1) is 0 Å². The maximum atomic E-state index is 12.3. The lowest BCUT2D eigenvalue weighted by atomic mass is 9.86. The summed E-state index contributed by atoms with van der Waals surface area (Å²) in [5.41, 5.74) is -1.26. The number of carbonyl (C=O) groups is 3. The Morgan fingerprint density at radius 2 is 2.08 bits per heavy atom. The van der Waals surface area contributed by atoms with Crippen LogP contribution in [0.2, 0.25) is 0 Å². The number of fused-ring (bicyclic) bond motifs is 1. The standard InChI is InChI=1S/C16H23NO7/c18-12-4-3-7-16(15(20)21)8-6-11(17(12)16)14(19)24-10-23-13-5-1-2-9-22-13/h11,13H,1-10H2,(H,20,21)/t11-,13?,16-/m0/s1. The van der Waals surface area contributed by atoms with Crippen molar-refractivity contribution in [2.45, 2.75) is 69.2 Å². The number of nitrogens with zero attached hydrogens (tertiary/aromatic N) is 1. The fourth-order valence-corrected chi connectivity index (χ4v) is 3.88. The van der Waals surface area contributed by atoms with E-state index in [0.717, 1.165) is 19.3 Å². The van der Waals surface area contributed by atoms with Crippen molar-refractivity contribution >= 4 is 17.8 Å². The Hall–Kier alpha value is -1.67. The van der Waals surface area contributed by atoms with Gasteiger partial charge >= 0.3 is 11.9 Å². The lowest BCUT2D eigenvalue weighted by molar-refractivity contribution is -0.213. The minimum absolute atomic E-state index is 0.248. The van der Waals surface area contributed by atoms with Gasteiger partial charge in [0.1, 0.15) is 11.6 Å². The van der Waals surface area contributed by atoms with Gasteiger partial charge in [0, 0.05) is 13.0 Å². The highest BCUT2D eigenvalue weighted by Gasteiger charge is 2.57. The van der Waals surface area contributed by atoms with E-state index in [1.54, 1.807) is 0 Å². The Morgan fingerprint density at radius 1 is 1.25 bits per heavy atom. The highest BCUT2D eigenvalue weighted by Crippen LogP contribution is 2.42. The smallest absolute Gasteiger partial charge is 0.331 e. The van der Waals surface area contributed by atoms with E-state index in [4.69, 9.17) is 14.2 Å². The Balaban J connectivity index is 1.58. The molecule has 3 atom stereocenters. The predicted molar refractivity (Wildman–Crippen MR) is 79.7 cm³/mol. The molecule has 134 valence electrons. The van der Waals surface area contributed by atoms with Crippen LogP contribution in [0.3, 0.4) is 0 Å². The minimum Gasteiger partial charge on any atom is -0.479 e. The van der Waals surface area contributed by atoms with E-state index in [0.29, 0.717) is 25.9 Å². The number of aliphatic carboxylic acids is 1. The van der Waals surface area contributed by atoms with E-state index >= 15 is 0 Å². The van der Waals surface area contributed by atoms with Crippen LogP contribution in [0.4, 0.5) is 0 Å². The predicted octanol–water partition coefficient (Wildman–Crippen LogP) is 1.03. The van der Waals surface area contributed by atoms with E-state index in [-0.39, 0.29) is 31.8 Å². The first-order valence-electron chi connectivity index (χ1n) is 8.50. The SMILES string of the molecule is O=C(OCOC1CCCCO1)[C@@H]1CC[C@]2(C(=O)O)CCCC(=O)N12. The summed E-state index contributed by atoms with van der Waals surface area (Å²) in [4.78, 5) is 37.5. The van der Waals surface area contributed by atoms with Gasteiger partial charge in [0.15, 0.2) is 13.1 Å². The number of ether oxygens (including phenoxy) is 3. The molecule has 3 rings (SSSR count). The molecule has 0 aromatic rings. The molecule has 8 heteroatoms. The minimum atomic E-state index is -1.26. The first-order chi connectivity index (χ1) is 11.5. The number of hydrogen-bond acceptors (Lipinski definition) is 6. The first-order valence-corrected chi connectivity index (χ1v) is 8.50. The summed E-state index contributed by atoms with van der Waals surface area (Å²) < 4.78 is 15.9. The zero-order valence-corrected chi connectivity index (χ0v) is 13.6. The van der Waals surface area contributed by atoms with Crippen LogP contribution < -0.4 is 0 Å². The summed E-state index contributed by atoms with van der Waals surface area (Å²) in [6.07, 6.45) is 4.15. The summed E-state index contributed by atoms with van der Waals surface area (Å²) >= 11 is 0. The second kappa shape index (κ2) is 7.06. The van der Waals surface area contributed by atoms with Crippen LogP contribution in [0.15, 0.2) is 0 Å². The zero-order chi connectivity index (χ0) is 17.2. The molecule has 0 aromatic heterocycles. The first kappa shape index (κ1) is 17.2. The molecule has 0 radical (unpaired) electrons. The molecule has 3 fully saturated rings. The molecular formula is C16H23NO7. The van der Waals surface area contributed by atoms with Crippen molar-refractivity contribution in [1.82, 2.24) is 4.90 Å². The molecule has 0 bridgehead atoms. The largest absolute Gasteiger partial charge is 0.479 e. The van der Waals surface area contributed by atoms with Crippen LogP contribution in [0.1, 0.15) is 51.4 Å². The third-order valence-electron chi connectivity index (χ3n) is 5.12. The van der Waals surface area contributed by atoms with Gasteiger partial charge in [-0.05, 0) is 44.9 Å². The number of hydrogen-bond donors (Lipinski definition) is 1. The highest BCUT2D eigenvalue weighted by atomic mass is 16.8. The molecule has 0 aromatic carbocycles. The second-order valence-corrected chi connectivity index (χ2v) is 6.55. The molecule has 3 aliphatic rings. The molecule has 24 heavy (non-hydrogen) atoms. The van der Waals surface area contributed by atoms with Crippen molar-refractivity contribution in [3.63, 3.8) is 0 Å². The summed E-state index contributed by atoms with van der Waals surface area (Å²) in [6.45, 7) is 0.382. The van der Waals surface area contributed by atoms with Crippen LogP contribution >= 0.6 is 0 Å². The summed E-state index contributed by atoms with van der Waals surface area (Å²) in [5.74, 6) is -1.94. The zero-order valence-electron chi connectivity index (χ0n) is 13.6. The maximum Gasteiger partial charge on any atom is 0.331 e. The molecule has 1 N–H and O–H groups in total. The molecule has 3 aliphatic heterocycles. The van der Waals surface area contributed by atoms with Crippen molar-refractivity contribution in [3.05, 3.63) is 0 Å². The fourth-order valence-electron chi connectivity index (χ4n) is 3.88. The topological polar surface area (TPSA) is 102 Å². The average molecular weight is 341 g/mol. The molecule has 1 unspecified atom stereocenters. The Morgan fingerprint density at radius 3 is 2.79 bits per heavy atom. The Labute approximate surface area is 140 Å². The van der Waals surface area contributed by atoms with Gasteiger partial charge in [-0.3, -0.25) is 4.79 Å². The molecule has 1 amide bonds. The van der Waals surface area contributed by atoms with Gasteiger partial charge in [0.2, 0.25) is 5.91 Å². The van der Waals surface area contributed by atoms with Gasteiger partial charge < -0.3 is 24.2 Å². The molecule has 0 spiro atoms. The van der Waals surface area contributed by atoms with Crippen LogP contribution in [0.25, 0.3) is 0 Å². The lowest BCUT2D eigenvalue weighted by Gasteiger charge is -2.40. The van der Waals surface area contributed by atoms with Gasteiger partial charge in [-0.25, -0.2) is 9.59 Å². The fraction of sp³-hybridized carbons (Fsp3) is 0.812. The number of carbonyl (C=O) groups excluding carboxylic acids is 2. The van der Waals surface area contributed by atoms with Gasteiger partial charge in [-0.2, -0.15) is 0 Å². The van der Waals surface area contributed by atoms with E-state index in [2.05, 4.69) is 0 Å². The van der Waals surface area contributed by atoms with Crippen molar-refractivity contribution in [2.24, 2.45) is 0 Å². The molecule has 8 nitrogen and oxygen atoms in total. The Bertz CT molecular complexity index is 517. The van der Waals surface area contributed by atoms with Crippen molar-refractivity contribution < 1.29 is 33.7 Å². The molecule has 0 aliphatic carbocycles. The average Bonchev–Trinajstić information content (AvgIpc) is 2.98. The van der Waals surface area contributed by atoms with Gasteiger partial charge in [0.25, 0.3) is 0 Å². The molecular weight excluding hydrogens is 318 g/mol. The van der Waals surface area contributed by atoms with Crippen LogP contribution in [0.5, 0.6) is 0 Å². The quantitative estimate of drug-likeness (QED) is 0.588. The summed E-state index contributed by atoms with van der Waals surface area (Å²) in [6, 6.07) is -0.843. The number of carboxylic acids is 1. The number of carboxylic acid groups (broad SMARTS) is 1. The van der Waals surface area contributed by atoms with Gasteiger partial charge in [-0.1, -0.05) is 0 Å². The van der Waals surface area contributed by atoms with Crippen molar-refractivity contribution in [2.75, 3.05) is 13.4 Å². The number of amides is 1.